The number of anilines is 1. The number of carbonyl (C=O) groups excluding carboxylic acids is 3. The highest BCUT2D eigenvalue weighted by Gasteiger charge is 2.30. The van der Waals surface area contributed by atoms with E-state index in [0.29, 0.717) is 27.1 Å². The minimum atomic E-state index is -0.982. The number of hydrogen-bond acceptors (Lipinski definition) is 6. The van der Waals surface area contributed by atoms with Crippen LogP contribution in [0.15, 0.2) is 23.3 Å². The number of fused-ring (bicyclic) bond motifs is 1. The first-order valence-corrected chi connectivity index (χ1v) is 11.3. The highest BCUT2D eigenvalue weighted by Crippen LogP contribution is 2.40. The maximum atomic E-state index is 12.5. The molecule has 31 heavy (non-hydrogen) atoms. The lowest BCUT2D eigenvalue weighted by atomic mass is 9.88. The number of hydrogen-bond donors (Lipinski definition) is 2. The fraction of sp³-hybridized carbons (Fsp3) is 0.333. The maximum Gasteiger partial charge on any atom is 0.341 e. The van der Waals surface area contributed by atoms with Gasteiger partial charge in [-0.15, -0.1) is 11.3 Å². The summed E-state index contributed by atoms with van der Waals surface area (Å²) in [5, 5.41) is 7.23. The Kier molecular flexibility index (Phi) is 7.69. The van der Waals surface area contributed by atoms with E-state index in [4.69, 9.17) is 27.9 Å². The van der Waals surface area contributed by atoms with Crippen LogP contribution in [0.25, 0.3) is 0 Å². The zero-order valence-electron chi connectivity index (χ0n) is 17.0. The van der Waals surface area contributed by atoms with Crippen LogP contribution >= 0.6 is 34.5 Å². The summed E-state index contributed by atoms with van der Waals surface area (Å²) in [6.07, 6.45) is 3.78. The van der Waals surface area contributed by atoms with Crippen molar-refractivity contribution in [3.8, 4) is 0 Å². The predicted octanol–water partition coefficient (Wildman–Crippen LogP) is 4.45. The number of halogens is 2. The lowest BCUT2D eigenvalue weighted by Crippen LogP contribution is -2.32. The first-order chi connectivity index (χ1) is 14.8. The summed E-state index contributed by atoms with van der Waals surface area (Å²) < 4.78 is 5.17. The summed E-state index contributed by atoms with van der Waals surface area (Å²) in [4.78, 5) is 38.1. The first kappa shape index (κ1) is 23.2. The summed E-state index contributed by atoms with van der Waals surface area (Å²) in [7, 11) is 0. The number of amides is 2. The Balaban J connectivity index is 1.73. The van der Waals surface area contributed by atoms with Crippen molar-refractivity contribution >= 4 is 63.5 Å². The van der Waals surface area contributed by atoms with Gasteiger partial charge in [0, 0.05) is 10.4 Å². The number of rotatable bonds is 5. The topological polar surface area (TPSA) is 96.9 Å². The van der Waals surface area contributed by atoms with Gasteiger partial charge in [0.2, 0.25) is 0 Å². The average molecular weight is 482 g/mol. The van der Waals surface area contributed by atoms with Crippen LogP contribution in [0.2, 0.25) is 10.0 Å². The number of esters is 1. The van der Waals surface area contributed by atoms with Crippen LogP contribution in [-0.4, -0.2) is 30.6 Å². The molecular formula is C21H21Cl2N3O4S. The van der Waals surface area contributed by atoms with Gasteiger partial charge in [-0.05, 0) is 43.7 Å². The number of carbonyl (C=O) groups is 3. The van der Waals surface area contributed by atoms with Crippen LogP contribution in [0.5, 0.6) is 0 Å². The van der Waals surface area contributed by atoms with Crippen LogP contribution in [0.3, 0.4) is 0 Å². The third-order valence-corrected chi connectivity index (χ3v) is 6.78. The van der Waals surface area contributed by atoms with Gasteiger partial charge in [-0.2, -0.15) is 5.10 Å². The molecule has 1 heterocycles. The van der Waals surface area contributed by atoms with Gasteiger partial charge >= 0.3 is 17.8 Å². The SMILES string of the molecule is CCOC(=O)c1c(NC(=O)C(=O)N/N=C\c2cccc(Cl)c2Cl)sc2c1CC[C@@H](C)C2. The average Bonchev–Trinajstić information content (AvgIpc) is 3.07. The summed E-state index contributed by atoms with van der Waals surface area (Å²) in [6.45, 7) is 4.08. The Morgan fingerprint density at radius 3 is 2.81 bits per heavy atom. The van der Waals surface area contributed by atoms with Crippen molar-refractivity contribution in [1.82, 2.24) is 5.43 Å². The largest absolute Gasteiger partial charge is 0.462 e. The van der Waals surface area contributed by atoms with E-state index in [-0.39, 0.29) is 11.6 Å². The molecule has 0 radical (unpaired) electrons. The normalized spacial score (nSPS) is 15.4. The van der Waals surface area contributed by atoms with Gasteiger partial charge in [-0.3, -0.25) is 9.59 Å². The third-order valence-electron chi connectivity index (χ3n) is 4.78. The molecule has 0 saturated carbocycles. The van der Waals surface area contributed by atoms with Crippen LogP contribution < -0.4 is 10.7 Å². The van der Waals surface area contributed by atoms with Gasteiger partial charge in [0.25, 0.3) is 0 Å². The quantitative estimate of drug-likeness (QED) is 0.285. The van der Waals surface area contributed by atoms with E-state index in [1.165, 1.54) is 17.6 Å². The van der Waals surface area contributed by atoms with E-state index in [1.54, 1.807) is 25.1 Å². The molecule has 0 fully saturated rings. The Bertz CT molecular complexity index is 1050. The summed E-state index contributed by atoms with van der Waals surface area (Å²) in [6, 6.07) is 4.96. The molecule has 1 aliphatic carbocycles. The van der Waals surface area contributed by atoms with Crippen molar-refractivity contribution in [2.45, 2.75) is 33.1 Å². The van der Waals surface area contributed by atoms with Crippen LogP contribution in [0, 0.1) is 5.92 Å². The van der Waals surface area contributed by atoms with Gasteiger partial charge in [0.15, 0.2) is 0 Å². The fourth-order valence-corrected chi connectivity index (χ4v) is 5.00. The van der Waals surface area contributed by atoms with Crippen molar-refractivity contribution in [2.24, 2.45) is 11.0 Å². The van der Waals surface area contributed by atoms with E-state index in [2.05, 4.69) is 22.8 Å². The van der Waals surface area contributed by atoms with Crippen molar-refractivity contribution in [3.63, 3.8) is 0 Å². The standard InChI is InChI=1S/C21H21Cl2N3O4S/c1-3-30-21(29)16-13-8-7-11(2)9-15(13)31-20(16)25-18(27)19(28)26-24-10-12-5-4-6-14(22)17(12)23/h4-6,10-11H,3,7-9H2,1-2H3,(H,25,27)(H,26,28)/b24-10-/t11-/m1/s1. The van der Waals surface area contributed by atoms with E-state index >= 15 is 0 Å². The number of hydrazone groups is 1. The van der Waals surface area contributed by atoms with Crippen molar-refractivity contribution in [3.05, 3.63) is 49.8 Å². The number of ether oxygens (including phenoxy) is 1. The Morgan fingerprint density at radius 2 is 2.06 bits per heavy atom. The van der Waals surface area contributed by atoms with Crippen LogP contribution in [0.4, 0.5) is 5.00 Å². The number of thiophene rings is 1. The molecule has 2 aromatic rings. The van der Waals surface area contributed by atoms with E-state index in [1.807, 2.05) is 0 Å². The predicted molar refractivity (Wildman–Crippen MR) is 122 cm³/mol. The molecule has 0 unspecified atom stereocenters. The van der Waals surface area contributed by atoms with Crippen molar-refractivity contribution < 1.29 is 19.1 Å². The number of benzene rings is 1. The second kappa shape index (κ2) is 10.3. The third kappa shape index (κ3) is 5.44. The number of nitrogens with one attached hydrogen (secondary N) is 2. The Morgan fingerprint density at radius 1 is 1.29 bits per heavy atom. The lowest BCUT2D eigenvalue weighted by Gasteiger charge is -2.18. The molecule has 1 aromatic heterocycles. The molecule has 1 aromatic carbocycles. The molecule has 2 N–H and O–H groups in total. The van der Waals surface area contributed by atoms with E-state index in [0.717, 1.165) is 29.7 Å². The van der Waals surface area contributed by atoms with Crippen LogP contribution in [0.1, 0.15) is 46.6 Å². The minimum absolute atomic E-state index is 0.217. The molecule has 0 bridgehead atoms. The van der Waals surface area contributed by atoms with Crippen molar-refractivity contribution in [2.75, 3.05) is 11.9 Å². The summed E-state index contributed by atoms with van der Waals surface area (Å²) >= 11 is 13.3. The highest BCUT2D eigenvalue weighted by molar-refractivity contribution is 7.17. The Labute approximate surface area is 193 Å². The molecule has 10 heteroatoms. The zero-order valence-corrected chi connectivity index (χ0v) is 19.3. The molecule has 164 valence electrons. The molecule has 2 amide bonds. The molecule has 1 aliphatic rings. The maximum absolute atomic E-state index is 12.5. The minimum Gasteiger partial charge on any atom is -0.462 e. The van der Waals surface area contributed by atoms with Gasteiger partial charge in [-0.1, -0.05) is 42.3 Å². The first-order valence-electron chi connectivity index (χ1n) is 9.71. The van der Waals surface area contributed by atoms with Crippen LogP contribution in [-0.2, 0) is 27.2 Å². The van der Waals surface area contributed by atoms with Gasteiger partial charge in [-0.25, -0.2) is 10.2 Å². The lowest BCUT2D eigenvalue weighted by molar-refractivity contribution is -0.136. The molecule has 0 aliphatic heterocycles. The monoisotopic (exact) mass is 481 g/mol. The molecular weight excluding hydrogens is 461 g/mol. The number of nitrogens with zero attached hydrogens (tertiary/aromatic N) is 1. The summed E-state index contributed by atoms with van der Waals surface area (Å²) in [5.41, 5.74) is 3.86. The van der Waals surface area contributed by atoms with Gasteiger partial charge < -0.3 is 10.1 Å². The Hall–Kier alpha value is -2.42. The highest BCUT2D eigenvalue weighted by atomic mass is 35.5. The second-order valence-corrected chi connectivity index (χ2v) is 8.96. The zero-order chi connectivity index (χ0) is 22.5. The fourth-order valence-electron chi connectivity index (χ4n) is 3.25. The second-order valence-electron chi connectivity index (χ2n) is 7.07. The van der Waals surface area contributed by atoms with Crippen molar-refractivity contribution in [1.29, 1.82) is 0 Å². The molecule has 0 saturated heterocycles. The molecule has 1 atom stereocenters. The van der Waals surface area contributed by atoms with E-state index in [9.17, 15) is 14.4 Å². The molecule has 7 nitrogen and oxygen atoms in total. The van der Waals surface area contributed by atoms with E-state index < -0.39 is 17.8 Å². The smallest absolute Gasteiger partial charge is 0.341 e. The van der Waals surface area contributed by atoms with Gasteiger partial charge in [0.05, 0.1) is 28.4 Å². The van der Waals surface area contributed by atoms with Gasteiger partial charge in [0.1, 0.15) is 5.00 Å². The summed E-state index contributed by atoms with van der Waals surface area (Å²) in [5.74, 6) is -1.94. The molecule has 3 rings (SSSR count). The molecule has 0 spiro atoms.